The maximum atomic E-state index is 10.7. The summed E-state index contributed by atoms with van der Waals surface area (Å²) in [5.74, 6) is 0.0688. The molecule has 0 atom stereocenters. The molecule has 0 aromatic rings. The van der Waals surface area contributed by atoms with Crippen LogP contribution in [0, 0.1) is 0 Å². The highest BCUT2D eigenvalue weighted by Crippen LogP contribution is 2.10. The van der Waals surface area contributed by atoms with Crippen LogP contribution in [0.3, 0.4) is 0 Å². The fourth-order valence-corrected chi connectivity index (χ4v) is 1.86. The van der Waals surface area contributed by atoms with Crippen molar-refractivity contribution in [2.24, 2.45) is 5.73 Å². The van der Waals surface area contributed by atoms with Gasteiger partial charge in [0.15, 0.2) is 5.11 Å². The van der Waals surface area contributed by atoms with E-state index in [-0.39, 0.29) is 5.97 Å². The quantitative estimate of drug-likeness (QED) is 0.238. The summed E-state index contributed by atoms with van der Waals surface area (Å²) < 4.78 is 4.91. The molecular weight excluding hydrogens is 360 g/mol. The lowest BCUT2D eigenvalue weighted by molar-refractivity contribution is -0.136. The monoisotopic (exact) mass is 398 g/mol. The fourth-order valence-electron chi connectivity index (χ4n) is 1.76. The lowest BCUT2D eigenvalue weighted by atomic mass is 10.2. The first-order valence-corrected chi connectivity index (χ1v) is 9.36. The van der Waals surface area contributed by atoms with Crippen molar-refractivity contribution in [3.63, 3.8) is 0 Å². The molecule has 0 aliphatic carbocycles. The highest BCUT2D eigenvalue weighted by Gasteiger charge is 2.01. The number of rotatable bonds is 9. The Hall–Kier alpha value is -1.96. The van der Waals surface area contributed by atoms with Crippen LogP contribution in [-0.2, 0) is 9.53 Å². The lowest BCUT2D eigenvalue weighted by Crippen LogP contribution is -2.38. The number of hydrogen-bond acceptors (Lipinski definition) is 5. The number of ether oxygens (including phenoxy) is 1. The molecule has 0 spiro atoms. The molecule has 0 fully saturated rings. The van der Waals surface area contributed by atoms with Crippen LogP contribution in [0.4, 0.5) is 0 Å². The van der Waals surface area contributed by atoms with Crippen LogP contribution in [0.15, 0.2) is 48.8 Å². The van der Waals surface area contributed by atoms with Gasteiger partial charge < -0.3 is 26.0 Å². The number of carbonyl (C=O) groups is 1. The molecule has 0 aliphatic heterocycles. The Morgan fingerprint density at radius 2 is 1.78 bits per heavy atom. The molecule has 0 saturated carbocycles. The largest absolute Gasteiger partial charge is 0.426 e. The van der Waals surface area contributed by atoms with Gasteiger partial charge in [0.1, 0.15) is 5.76 Å². The van der Waals surface area contributed by atoms with E-state index in [2.05, 4.69) is 48.3 Å². The summed E-state index contributed by atoms with van der Waals surface area (Å²) in [6.45, 7) is 18.9. The van der Waals surface area contributed by atoms with Crippen molar-refractivity contribution in [1.29, 1.82) is 0 Å². The molecule has 0 unspecified atom stereocenters. The Balaban J connectivity index is -0.000000391. The summed E-state index contributed by atoms with van der Waals surface area (Å²) in [6, 6.07) is 0. The first-order valence-electron chi connectivity index (χ1n) is 8.95. The van der Waals surface area contributed by atoms with Crippen molar-refractivity contribution >= 4 is 23.3 Å². The van der Waals surface area contributed by atoms with Crippen molar-refractivity contribution < 1.29 is 9.53 Å². The number of nitrogens with one attached hydrogen (secondary N) is 2. The van der Waals surface area contributed by atoms with Crippen molar-refractivity contribution in [2.75, 3.05) is 40.3 Å². The normalized spacial score (nSPS) is 10.5. The van der Waals surface area contributed by atoms with Crippen molar-refractivity contribution in [3.8, 4) is 0 Å². The smallest absolute Gasteiger partial charge is 0.308 e. The summed E-state index contributed by atoms with van der Waals surface area (Å²) >= 11 is 4.94. The molecule has 0 aromatic carbocycles. The molecule has 0 radical (unpaired) electrons. The molecule has 0 aliphatic rings. The zero-order valence-electron chi connectivity index (χ0n) is 17.8. The van der Waals surface area contributed by atoms with Gasteiger partial charge in [0.05, 0.1) is 0 Å². The second-order valence-corrected chi connectivity index (χ2v) is 5.26. The highest BCUT2D eigenvalue weighted by atomic mass is 32.1. The van der Waals surface area contributed by atoms with E-state index < -0.39 is 0 Å². The SMILES string of the molecule is C=CC(/C=C\C)=C(/C=C)OC(C)=O.CCN(CC)CCNC(=S)NC.CN. The number of likely N-dealkylation sites (N-methyl/N-ethyl adjacent to an activating group) is 1. The van der Waals surface area contributed by atoms with E-state index in [0.717, 1.165) is 36.9 Å². The highest BCUT2D eigenvalue weighted by molar-refractivity contribution is 7.80. The van der Waals surface area contributed by atoms with Crippen LogP contribution in [0.2, 0.25) is 0 Å². The first kappa shape index (κ1) is 29.8. The molecule has 0 rings (SSSR count). The fraction of sp³-hybridized carbons (Fsp3) is 0.500. The van der Waals surface area contributed by atoms with Crippen molar-refractivity contribution in [1.82, 2.24) is 15.5 Å². The summed E-state index contributed by atoms with van der Waals surface area (Å²) in [5, 5.41) is 6.71. The summed E-state index contributed by atoms with van der Waals surface area (Å²) in [7, 11) is 3.33. The van der Waals surface area contributed by atoms with Gasteiger partial charge in [0, 0.05) is 32.6 Å². The molecule has 0 heterocycles. The number of nitrogens with zero attached hydrogens (tertiary/aromatic N) is 1. The van der Waals surface area contributed by atoms with E-state index in [4.69, 9.17) is 17.0 Å². The Morgan fingerprint density at radius 3 is 2.11 bits per heavy atom. The van der Waals surface area contributed by atoms with Crippen LogP contribution in [0.1, 0.15) is 27.7 Å². The molecule has 0 bridgehead atoms. The topological polar surface area (TPSA) is 79.6 Å². The van der Waals surface area contributed by atoms with E-state index in [9.17, 15) is 4.79 Å². The van der Waals surface area contributed by atoms with Gasteiger partial charge in [-0.05, 0) is 45.4 Å². The summed E-state index contributed by atoms with van der Waals surface area (Å²) in [4.78, 5) is 13.0. The third-order valence-corrected chi connectivity index (χ3v) is 3.47. The molecule has 4 N–H and O–H groups in total. The van der Waals surface area contributed by atoms with Gasteiger partial charge in [-0.15, -0.1) is 0 Å². The lowest BCUT2D eigenvalue weighted by Gasteiger charge is -2.18. The minimum Gasteiger partial charge on any atom is -0.426 e. The van der Waals surface area contributed by atoms with Crippen LogP contribution < -0.4 is 16.4 Å². The Kier molecular flexibility index (Phi) is 24.4. The molecule has 0 aromatic heterocycles. The predicted octanol–water partition coefficient (Wildman–Crippen LogP) is 2.75. The van der Waals surface area contributed by atoms with Gasteiger partial charge in [-0.2, -0.15) is 0 Å². The van der Waals surface area contributed by atoms with Crippen LogP contribution in [0.25, 0.3) is 0 Å². The number of hydrogen-bond donors (Lipinski definition) is 3. The summed E-state index contributed by atoms with van der Waals surface area (Å²) in [5.41, 5.74) is 5.24. The number of nitrogens with two attached hydrogens (primary N) is 1. The molecule has 27 heavy (non-hydrogen) atoms. The number of thiocarbonyl (C=S) groups is 1. The molecule has 0 saturated heterocycles. The van der Waals surface area contributed by atoms with Gasteiger partial charge in [-0.25, -0.2) is 0 Å². The van der Waals surface area contributed by atoms with Gasteiger partial charge in [0.2, 0.25) is 0 Å². The predicted molar refractivity (Wildman–Crippen MR) is 122 cm³/mol. The maximum Gasteiger partial charge on any atom is 0.308 e. The zero-order chi connectivity index (χ0) is 21.7. The third kappa shape index (κ3) is 18.6. The van der Waals surface area contributed by atoms with E-state index in [0.29, 0.717) is 5.76 Å². The molecule has 6 nitrogen and oxygen atoms in total. The average Bonchev–Trinajstić information content (AvgIpc) is 2.69. The van der Waals surface area contributed by atoms with Crippen molar-refractivity contribution in [2.45, 2.75) is 27.7 Å². The minimum absolute atomic E-state index is 0.362. The average molecular weight is 399 g/mol. The standard InChI is InChI=1S/C11H14O2.C8H19N3S.CH5N/c1-5-8-10(6-2)11(7-3)13-9(4)12;1-4-11(5-2)7-6-10-8(12)9-3;1-2/h5-8H,2-3H2,1,4H3;4-7H2,1-3H3,(H2,9,10,12);2H2,1H3/b8-5-,11-10+;;. The first-order chi connectivity index (χ1) is 12.9. The second kappa shape index (κ2) is 22.1. The minimum atomic E-state index is -0.362. The van der Waals surface area contributed by atoms with Gasteiger partial charge in [-0.3, -0.25) is 4.79 Å². The Labute approximate surface area is 171 Å². The number of allylic oxidation sites excluding steroid dienone is 5. The maximum absolute atomic E-state index is 10.7. The molecule has 156 valence electrons. The van der Waals surface area contributed by atoms with E-state index in [1.807, 2.05) is 20.0 Å². The Bertz CT molecular complexity index is 484. The van der Waals surface area contributed by atoms with E-state index in [1.54, 1.807) is 12.2 Å². The molecule has 7 heteroatoms. The second-order valence-electron chi connectivity index (χ2n) is 4.85. The van der Waals surface area contributed by atoms with Gasteiger partial charge in [0.25, 0.3) is 0 Å². The molecule has 0 amide bonds. The van der Waals surface area contributed by atoms with E-state index >= 15 is 0 Å². The Morgan fingerprint density at radius 1 is 1.22 bits per heavy atom. The van der Waals surface area contributed by atoms with Crippen LogP contribution in [-0.4, -0.2) is 56.3 Å². The summed E-state index contributed by atoms with van der Waals surface area (Å²) in [6.07, 6.45) is 6.73. The molecular formula is C20H38N4O2S. The third-order valence-electron chi connectivity index (χ3n) is 3.12. The van der Waals surface area contributed by atoms with Gasteiger partial charge in [-0.1, -0.05) is 45.2 Å². The van der Waals surface area contributed by atoms with Crippen LogP contribution in [0.5, 0.6) is 0 Å². The number of esters is 1. The van der Waals surface area contributed by atoms with Crippen LogP contribution >= 0.6 is 12.2 Å². The zero-order valence-corrected chi connectivity index (χ0v) is 18.6. The van der Waals surface area contributed by atoms with Gasteiger partial charge >= 0.3 is 5.97 Å². The van der Waals surface area contributed by atoms with Crippen molar-refractivity contribution in [3.05, 3.63) is 48.8 Å². The van der Waals surface area contributed by atoms with E-state index in [1.165, 1.54) is 20.0 Å². The number of carbonyl (C=O) groups excluding carboxylic acids is 1.